The third-order valence-electron chi connectivity index (χ3n) is 4.01. The van der Waals surface area contributed by atoms with Gasteiger partial charge in [0.05, 0.1) is 39.8 Å². The molecule has 2 amide bonds. The van der Waals surface area contributed by atoms with Gasteiger partial charge in [-0.3, -0.25) is 5.32 Å². The number of anilines is 2. The third-order valence-corrected chi connectivity index (χ3v) is 4.77. The highest BCUT2D eigenvalue weighted by molar-refractivity contribution is 7.14. The third kappa shape index (κ3) is 4.69. The van der Waals surface area contributed by atoms with E-state index >= 15 is 0 Å². The number of ether oxygens (including phenoxy) is 4. The first-order chi connectivity index (χ1) is 14.1. The standard InChI is InChI=1S/C20H21N3O5S/c1-25-14-7-5-6-12(8-14)15-11-29-20(22-15)23-19(24)21-13-9-16(26-2)18(28-4)17(10-13)27-3/h5-11H,1-4H3,(H2,21,22,23,24). The molecule has 0 atom stereocenters. The molecular weight excluding hydrogens is 394 g/mol. The minimum atomic E-state index is -0.439. The second-order valence-electron chi connectivity index (χ2n) is 5.76. The van der Waals surface area contributed by atoms with E-state index in [1.54, 1.807) is 19.2 Å². The van der Waals surface area contributed by atoms with Crippen molar-refractivity contribution in [1.82, 2.24) is 4.98 Å². The Kier molecular flexibility index (Phi) is 6.40. The smallest absolute Gasteiger partial charge is 0.325 e. The van der Waals surface area contributed by atoms with Crippen molar-refractivity contribution in [3.05, 3.63) is 41.8 Å². The maximum Gasteiger partial charge on any atom is 0.325 e. The predicted molar refractivity (Wildman–Crippen MR) is 113 cm³/mol. The summed E-state index contributed by atoms with van der Waals surface area (Å²) >= 11 is 1.32. The molecule has 3 aromatic rings. The van der Waals surface area contributed by atoms with Crippen LogP contribution in [0, 0.1) is 0 Å². The number of methoxy groups -OCH3 is 4. The van der Waals surface area contributed by atoms with Gasteiger partial charge < -0.3 is 24.3 Å². The lowest BCUT2D eigenvalue weighted by molar-refractivity contribution is 0.262. The minimum absolute atomic E-state index is 0.439. The van der Waals surface area contributed by atoms with Gasteiger partial charge in [0, 0.05) is 23.1 Å². The van der Waals surface area contributed by atoms with Gasteiger partial charge in [0.1, 0.15) is 5.75 Å². The van der Waals surface area contributed by atoms with Crippen LogP contribution in [0.3, 0.4) is 0 Å². The van der Waals surface area contributed by atoms with Crippen molar-refractivity contribution in [3.8, 4) is 34.3 Å². The highest BCUT2D eigenvalue weighted by Gasteiger charge is 2.15. The number of carbonyl (C=O) groups is 1. The lowest BCUT2D eigenvalue weighted by atomic mass is 10.2. The summed E-state index contributed by atoms with van der Waals surface area (Å²) in [6.07, 6.45) is 0. The molecule has 0 spiro atoms. The number of carbonyl (C=O) groups excluding carboxylic acids is 1. The largest absolute Gasteiger partial charge is 0.497 e. The molecule has 0 saturated carbocycles. The number of urea groups is 1. The van der Waals surface area contributed by atoms with E-state index in [1.165, 1.54) is 32.7 Å². The number of rotatable bonds is 7. The van der Waals surface area contributed by atoms with E-state index in [2.05, 4.69) is 15.6 Å². The summed E-state index contributed by atoms with van der Waals surface area (Å²) in [5.41, 5.74) is 2.14. The van der Waals surface area contributed by atoms with Crippen LogP contribution >= 0.6 is 11.3 Å². The zero-order valence-corrected chi connectivity index (χ0v) is 17.3. The first kappa shape index (κ1) is 20.3. The van der Waals surface area contributed by atoms with Crippen molar-refractivity contribution in [2.24, 2.45) is 0 Å². The second kappa shape index (κ2) is 9.16. The van der Waals surface area contributed by atoms with Crippen molar-refractivity contribution < 1.29 is 23.7 Å². The molecule has 2 aromatic carbocycles. The average molecular weight is 415 g/mol. The zero-order chi connectivity index (χ0) is 20.8. The number of nitrogens with one attached hydrogen (secondary N) is 2. The molecule has 9 heteroatoms. The molecule has 0 saturated heterocycles. The highest BCUT2D eigenvalue weighted by Crippen LogP contribution is 2.40. The summed E-state index contributed by atoms with van der Waals surface area (Å²) in [7, 11) is 6.15. The first-order valence-electron chi connectivity index (χ1n) is 8.56. The normalized spacial score (nSPS) is 10.2. The van der Waals surface area contributed by atoms with Crippen LogP contribution in [0.4, 0.5) is 15.6 Å². The fourth-order valence-electron chi connectivity index (χ4n) is 2.66. The maximum atomic E-state index is 12.4. The van der Waals surface area contributed by atoms with Crippen molar-refractivity contribution >= 4 is 28.2 Å². The van der Waals surface area contributed by atoms with Gasteiger partial charge >= 0.3 is 6.03 Å². The van der Waals surface area contributed by atoms with E-state index in [0.29, 0.717) is 28.1 Å². The topological polar surface area (TPSA) is 90.9 Å². The number of aromatic nitrogens is 1. The predicted octanol–water partition coefficient (Wildman–Crippen LogP) is 4.49. The molecule has 0 radical (unpaired) electrons. The Morgan fingerprint density at radius 2 is 1.66 bits per heavy atom. The summed E-state index contributed by atoms with van der Waals surface area (Å²) in [4.78, 5) is 16.8. The van der Waals surface area contributed by atoms with Crippen LogP contribution in [0.15, 0.2) is 41.8 Å². The van der Waals surface area contributed by atoms with E-state index in [-0.39, 0.29) is 0 Å². The molecule has 0 bridgehead atoms. The van der Waals surface area contributed by atoms with Gasteiger partial charge in [0.25, 0.3) is 0 Å². The lowest BCUT2D eigenvalue weighted by Gasteiger charge is -2.14. The van der Waals surface area contributed by atoms with Crippen molar-refractivity contribution in [2.45, 2.75) is 0 Å². The summed E-state index contributed by atoms with van der Waals surface area (Å²) in [5, 5.41) is 7.80. The van der Waals surface area contributed by atoms with Crippen LogP contribution in [-0.2, 0) is 0 Å². The summed E-state index contributed by atoms with van der Waals surface area (Å²) in [5.74, 6) is 2.07. The molecule has 1 aromatic heterocycles. The molecular formula is C20H21N3O5S. The van der Waals surface area contributed by atoms with E-state index in [9.17, 15) is 4.79 Å². The van der Waals surface area contributed by atoms with Gasteiger partial charge in [-0.15, -0.1) is 11.3 Å². The molecule has 152 valence electrons. The Bertz CT molecular complexity index is 980. The van der Waals surface area contributed by atoms with E-state index in [1.807, 2.05) is 29.6 Å². The SMILES string of the molecule is COc1cccc(-c2csc(NC(=O)Nc3cc(OC)c(OC)c(OC)c3)n2)c1. The van der Waals surface area contributed by atoms with Crippen molar-refractivity contribution in [1.29, 1.82) is 0 Å². The van der Waals surface area contributed by atoms with E-state index < -0.39 is 6.03 Å². The molecule has 29 heavy (non-hydrogen) atoms. The molecule has 2 N–H and O–H groups in total. The van der Waals surface area contributed by atoms with Crippen LogP contribution in [0.25, 0.3) is 11.3 Å². The number of benzene rings is 2. The first-order valence-corrected chi connectivity index (χ1v) is 9.44. The summed E-state index contributed by atoms with van der Waals surface area (Å²) < 4.78 is 21.1. The van der Waals surface area contributed by atoms with Gasteiger partial charge in [-0.25, -0.2) is 9.78 Å². The van der Waals surface area contributed by atoms with Gasteiger partial charge in [0.15, 0.2) is 16.6 Å². The molecule has 0 aliphatic rings. The maximum absolute atomic E-state index is 12.4. The van der Waals surface area contributed by atoms with Crippen LogP contribution in [0.2, 0.25) is 0 Å². The van der Waals surface area contributed by atoms with Gasteiger partial charge in [-0.2, -0.15) is 0 Å². The molecule has 0 unspecified atom stereocenters. The Labute approximate surface area is 172 Å². The average Bonchev–Trinajstić information content (AvgIpc) is 3.21. The Morgan fingerprint density at radius 1 is 0.931 bits per heavy atom. The van der Waals surface area contributed by atoms with Crippen LogP contribution in [-0.4, -0.2) is 39.5 Å². The fourth-order valence-corrected chi connectivity index (χ4v) is 3.37. The Hall–Kier alpha value is -3.46. The zero-order valence-electron chi connectivity index (χ0n) is 16.4. The van der Waals surface area contributed by atoms with E-state index in [4.69, 9.17) is 18.9 Å². The number of hydrogen-bond donors (Lipinski definition) is 2. The molecule has 0 aliphatic heterocycles. The second-order valence-corrected chi connectivity index (χ2v) is 6.62. The number of thiazole rings is 1. The minimum Gasteiger partial charge on any atom is -0.497 e. The number of nitrogens with zero attached hydrogens (tertiary/aromatic N) is 1. The van der Waals surface area contributed by atoms with Crippen molar-refractivity contribution in [3.63, 3.8) is 0 Å². The van der Waals surface area contributed by atoms with Crippen LogP contribution in [0.5, 0.6) is 23.0 Å². The van der Waals surface area contributed by atoms with Gasteiger partial charge in [-0.05, 0) is 12.1 Å². The Morgan fingerprint density at radius 3 is 2.28 bits per heavy atom. The quantitative estimate of drug-likeness (QED) is 0.591. The summed E-state index contributed by atoms with van der Waals surface area (Å²) in [6, 6.07) is 10.4. The molecule has 0 aliphatic carbocycles. The molecule has 0 fully saturated rings. The Balaban J connectivity index is 1.72. The molecule has 8 nitrogen and oxygen atoms in total. The highest BCUT2D eigenvalue weighted by atomic mass is 32.1. The van der Waals surface area contributed by atoms with Crippen molar-refractivity contribution in [2.75, 3.05) is 39.1 Å². The molecule has 1 heterocycles. The van der Waals surface area contributed by atoms with Gasteiger partial charge in [-0.1, -0.05) is 12.1 Å². The number of amides is 2. The molecule has 3 rings (SSSR count). The van der Waals surface area contributed by atoms with E-state index in [0.717, 1.165) is 17.0 Å². The van der Waals surface area contributed by atoms with Crippen LogP contribution < -0.4 is 29.6 Å². The number of hydrogen-bond acceptors (Lipinski definition) is 7. The lowest BCUT2D eigenvalue weighted by Crippen LogP contribution is -2.19. The van der Waals surface area contributed by atoms with Crippen LogP contribution in [0.1, 0.15) is 0 Å². The monoisotopic (exact) mass is 415 g/mol. The fraction of sp³-hybridized carbons (Fsp3) is 0.200. The summed E-state index contributed by atoms with van der Waals surface area (Å²) in [6.45, 7) is 0. The van der Waals surface area contributed by atoms with Gasteiger partial charge in [0.2, 0.25) is 5.75 Å².